The highest BCUT2D eigenvalue weighted by molar-refractivity contribution is 6.30. The Morgan fingerprint density at radius 3 is 2.54 bits per heavy atom. The number of benzene rings is 2. The summed E-state index contributed by atoms with van der Waals surface area (Å²) in [5.41, 5.74) is 2.30. The molecule has 3 heterocycles. The van der Waals surface area contributed by atoms with Crippen LogP contribution in [-0.4, -0.2) is 31.4 Å². The van der Waals surface area contributed by atoms with Gasteiger partial charge in [-0.2, -0.15) is 4.68 Å². The van der Waals surface area contributed by atoms with E-state index in [-0.39, 0.29) is 30.6 Å². The maximum absolute atomic E-state index is 13.2. The molecule has 0 saturated heterocycles. The lowest BCUT2D eigenvalue weighted by Gasteiger charge is -2.34. The van der Waals surface area contributed by atoms with Crippen molar-refractivity contribution in [1.82, 2.24) is 24.3 Å². The standard InChI is InChI=1S/C28H24ClN5O5/c1-37-22-8-2-17(3-9-22)15-38-24-11-10-23-26(31-24)27(35)33(16-30-23)14-25-32-34(28(36)39-25)21-12-19(13-21)18-4-6-20(29)7-5-18/h2-11,16,19,21H,12-15H2,1H3/t19-,21-. The summed E-state index contributed by atoms with van der Waals surface area (Å²) >= 11 is 5.98. The van der Waals surface area contributed by atoms with E-state index >= 15 is 0 Å². The molecule has 1 saturated carbocycles. The van der Waals surface area contributed by atoms with E-state index in [0.29, 0.717) is 22.3 Å². The number of nitrogens with zero attached hydrogens (tertiary/aromatic N) is 5. The van der Waals surface area contributed by atoms with E-state index < -0.39 is 11.3 Å². The molecule has 5 aromatic rings. The highest BCUT2D eigenvalue weighted by Crippen LogP contribution is 2.44. The molecule has 198 valence electrons. The van der Waals surface area contributed by atoms with E-state index in [0.717, 1.165) is 24.2 Å². The van der Waals surface area contributed by atoms with E-state index in [1.165, 1.54) is 21.1 Å². The molecule has 6 rings (SSSR count). The van der Waals surface area contributed by atoms with Gasteiger partial charge < -0.3 is 13.9 Å². The fourth-order valence-electron chi connectivity index (χ4n) is 4.65. The number of hydrogen-bond acceptors (Lipinski definition) is 8. The van der Waals surface area contributed by atoms with Crippen LogP contribution < -0.4 is 20.8 Å². The van der Waals surface area contributed by atoms with Crippen LogP contribution in [0.25, 0.3) is 11.0 Å². The molecule has 1 aliphatic rings. The quantitative estimate of drug-likeness (QED) is 0.283. The van der Waals surface area contributed by atoms with E-state index in [9.17, 15) is 9.59 Å². The van der Waals surface area contributed by atoms with Crippen LogP contribution in [0, 0.1) is 0 Å². The molecule has 0 N–H and O–H groups in total. The molecule has 0 radical (unpaired) electrons. The zero-order chi connectivity index (χ0) is 26.9. The molecule has 11 heteroatoms. The van der Waals surface area contributed by atoms with Gasteiger partial charge >= 0.3 is 5.76 Å². The first-order valence-electron chi connectivity index (χ1n) is 12.4. The number of aromatic nitrogens is 5. The third-order valence-corrected chi connectivity index (χ3v) is 7.16. The maximum atomic E-state index is 13.2. The van der Waals surface area contributed by atoms with E-state index in [1.807, 2.05) is 48.5 Å². The van der Waals surface area contributed by atoms with Gasteiger partial charge in [0.05, 0.1) is 25.0 Å². The van der Waals surface area contributed by atoms with Crippen LogP contribution in [0.15, 0.2) is 81.0 Å². The van der Waals surface area contributed by atoms with Crippen LogP contribution in [0.4, 0.5) is 0 Å². The number of pyridine rings is 1. The molecule has 0 spiro atoms. The molecule has 1 aliphatic carbocycles. The molecule has 10 nitrogen and oxygen atoms in total. The Bertz CT molecular complexity index is 1740. The van der Waals surface area contributed by atoms with Crippen LogP contribution in [-0.2, 0) is 13.2 Å². The molecule has 0 aliphatic heterocycles. The van der Waals surface area contributed by atoms with Gasteiger partial charge in [0.2, 0.25) is 11.8 Å². The molecule has 39 heavy (non-hydrogen) atoms. The summed E-state index contributed by atoms with van der Waals surface area (Å²) in [5, 5.41) is 5.05. The first-order valence-corrected chi connectivity index (χ1v) is 12.8. The number of methoxy groups -OCH3 is 1. The first kappa shape index (κ1) is 24.9. The largest absolute Gasteiger partial charge is 0.497 e. The SMILES string of the molecule is COc1ccc(COc2ccc3ncn(Cc4nn([C@H]5C[C@H](c6ccc(Cl)cc6)C5)c(=O)o4)c(=O)c3n2)cc1. The van der Waals surface area contributed by atoms with Crippen molar-refractivity contribution >= 4 is 22.6 Å². The van der Waals surface area contributed by atoms with Crippen molar-refractivity contribution < 1.29 is 13.9 Å². The molecule has 1 fully saturated rings. The Kier molecular flexibility index (Phi) is 6.62. The monoisotopic (exact) mass is 545 g/mol. The summed E-state index contributed by atoms with van der Waals surface area (Å²) < 4.78 is 19.0. The van der Waals surface area contributed by atoms with E-state index in [4.69, 9.17) is 25.5 Å². The summed E-state index contributed by atoms with van der Waals surface area (Å²) in [6, 6.07) is 18.5. The van der Waals surface area contributed by atoms with Gasteiger partial charge in [-0.05, 0) is 60.2 Å². The van der Waals surface area contributed by atoms with Gasteiger partial charge in [-0.15, -0.1) is 5.10 Å². The van der Waals surface area contributed by atoms with E-state index in [1.54, 1.807) is 19.2 Å². The zero-order valence-electron chi connectivity index (χ0n) is 21.0. The lowest BCUT2D eigenvalue weighted by Crippen LogP contribution is -2.31. The van der Waals surface area contributed by atoms with Crippen molar-refractivity contribution in [2.45, 2.75) is 38.0 Å². The second-order valence-corrected chi connectivity index (χ2v) is 9.85. The number of fused-ring (bicyclic) bond motifs is 1. The Morgan fingerprint density at radius 2 is 1.79 bits per heavy atom. The van der Waals surface area contributed by atoms with Crippen molar-refractivity contribution in [3.63, 3.8) is 0 Å². The predicted octanol–water partition coefficient (Wildman–Crippen LogP) is 4.35. The predicted molar refractivity (Wildman–Crippen MR) is 143 cm³/mol. The van der Waals surface area contributed by atoms with Gasteiger partial charge in [0.25, 0.3) is 5.56 Å². The van der Waals surface area contributed by atoms with Gasteiger partial charge in [-0.25, -0.2) is 14.8 Å². The Balaban J connectivity index is 1.15. The smallest absolute Gasteiger partial charge is 0.437 e. The van der Waals surface area contributed by atoms with Gasteiger partial charge in [0.1, 0.15) is 18.9 Å². The van der Waals surface area contributed by atoms with Crippen molar-refractivity contribution in [3.8, 4) is 11.6 Å². The minimum atomic E-state index is -0.543. The Labute approximate surface area is 227 Å². The van der Waals surface area contributed by atoms with Gasteiger partial charge in [0, 0.05) is 11.1 Å². The number of hydrogen-bond donors (Lipinski definition) is 0. The lowest BCUT2D eigenvalue weighted by molar-refractivity contribution is 0.233. The van der Waals surface area contributed by atoms with Crippen LogP contribution in [0.2, 0.25) is 5.02 Å². The molecule has 2 aromatic carbocycles. The molecule has 3 aromatic heterocycles. The van der Waals surface area contributed by atoms with Crippen LogP contribution in [0.3, 0.4) is 0 Å². The normalized spacial score (nSPS) is 16.7. The fourth-order valence-corrected chi connectivity index (χ4v) is 4.78. The molecule has 0 bridgehead atoms. The van der Waals surface area contributed by atoms with E-state index in [2.05, 4.69) is 15.1 Å². The molecule has 0 unspecified atom stereocenters. The number of halogens is 1. The minimum absolute atomic E-state index is 0.0457. The molecule has 0 amide bonds. The highest BCUT2D eigenvalue weighted by Gasteiger charge is 2.34. The third-order valence-electron chi connectivity index (χ3n) is 6.91. The highest BCUT2D eigenvalue weighted by atomic mass is 35.5. The summed E-state index contributed by atoms with van der Waals surface area (Å²) in [4.78, 5) is 34.4. The molecule has 0 atom stereocenters. The second kappa shape index (κ2) is 10.4. The van der Waals surface area contributed by atoms with Crippen LogP contribution in [0.1, 0.15) is 41.8 Å². The first-order chi connectivity index (χ1) is 19.0. The average molecular weight is 546 g/mol. The van der Waals surface area contributed by atoms with Gasteiger partial charge in [-0.1, -0.05) is 35.9 Å². The summed E-state index contributed by atoms with van der Waals surface area (Å²) in [6.07, 6.45) is 2.94. The third kappa shape index (κ3) is 5.15. The molecular formula is C28H24ClN5O5. The second-order valence-electron chi connectivity index (χ2n) is 9.41. The summed E-state index contributed by atoms with van der Waals surface area (Å²) in [6.45, 7) is 0.232. The number of ether oxygens (including phenoxy) is 2. The minimum Gasteiger partial charge on any atom is -0.497 e. The van der Waals surface area contributed by atoms with Crippen molar-refractivity contribution in [1.29, 1.82) is 0 Å². The number of rotatable bonds is 8. The van der Waals surface area contributed by atoms with Gasteiger partial charge in [0.15, 0.2) is 5.52 Å². The fraction of sp³-hybridized carbons (Fsp3) is 0.250. The average Bonchev–Trinajstić information content (AvgIpc) is 3.29. The maximum Gasteiger partial charge on any atom is 0.437 e. The van der Waals surface area contributed by atoms with Crippen molar-refractivity contribution in [2.24, 2.45) is 0 Å². The van der Waals surface area contributed by atoms with Gasteiger partial charge in [-0.3, -0.25) is 9.36 Å². The van der Waals surface area contributed by atoms with Crippen molar-refractivity contribution in [2.75, 3.05) is 7.11 Å². The Hall–Kier alpha value is -4.44. The zero-order valence-corrected chi connectivity index (χ0v) is 21.7. The molecular weight excluding hydrogens is 522 g/mol. The van der Waals surface area contributed by atoms with Crippen molar-refractivity contribution in [3.05, 3.63) is 110 Å². The lowest BCUT2D eigenvalue weighted by atomic mass is 9.76. The van der Waals surface area contributed by atoms with Crippen LogP contribution >= 0.6 is 11.6 Å². The summed E-state index contributed by atoms with van der Waals surface area (Å²) in [7, 11) is 1.61. The Morgan fingerprint density at radius 1 is 1.03 bits per heavy atom. The topological polar surface area (TPSA) is 114 Å². The summed E-state index contributed by atoms with van der Waals surface area (Å²) in [5.74, 6) is 0.971. The van der Waals surface area contributed by atoms with Crippen LogP contribution in [0.5, 0.6) is 11.6 Å².